The van der Waals surface area contributed by atoms with Crippen molar-refractivity contribution in [3.05, 3.63) is 54.1 Å². The second kappa shape index (κ2) is 9.53. The van der Waals surface area contributed by atoms with Crippen LogP contribution in [0, 0.1) is 11.3 Å². The fourth-order valence-electron chi connectivity index (χ4n) is 5.45. The molecule has 3 aliphatic rings. The number of carbonyl (C=O) groups is 1. The number of nitrogens with zero attached hydrogens (tertiary/aromatic N) is 6. The molecule has 2 atom stereocenters. The van der Waals surface area contributed by atoms with Crippen LogP contribution < -0.4 is 10.2 Å². The average Bonchev–Trinajstić information content (AvgIpc) is 3.68. The van der Waals surface area contributed by atoms with Crippen LogP contribution in [0.5, 0.6) is 0 Å². The van der Waals surface area contributed by atoms with Gasteiger partial charge in [-0.15, -0.1) is 11.8 Å². The molecule has 0 radical (unpaired) electrons. The molecular formula is C26H29N7OS. The van der Waals surface area contributed by atoms with Crippen LogP contribution in [-0.4, -0.2) is 88.2 Å². The van der Waals surface area contributed by atoms with Crippen LogP contribution in [-0.2, 0) is 4.79 Å². The number of imidazole rings is 1. The number of carbonyl (C=O) groups excluding carboxylic acids is 1. The van der Waals surface area contributed by atoms with Gasteiger partial charge in [-0.25, -0.2) is 4.98 Å². The Hall–Kier alpha value is -3.06. The minimum absolute atomic E-state index is 0.0478. The molecule has 0 aliphatic carbocycles. The number of amides is 1. The van der Waals surface area contributed by atoms with Crippen molar-refractivity contribution < 1.29 is 4.79 Å². The van der Waals surface area contributed by atoms with Gasteiger partial charge in [0.15, 0.2) is 0 Å². The summed E-state index contributed by atoms with van der Waals surface area (Å²) in [6.45, 7) is 5.38. The molecule has 3 aliphatic heterocycles. The van der Waals surface area contributed by atoms with Crippen LogP contribution in [0.1, 0.15) is 12.0 Å². The highest BCUT2D eigenvalue weighted by Gasteiger charge is 2.37. The fourth-order valence-corrected chi connectivity index (χ4v) is 6.41. The maximum Gasteiger partial charge on any atom is 0.240 e. The van der Waals surface area contributed by atoms with Gasteiger partial charge < -0.3 is 15.1 Å². The molecule has 0 unspecified atom stereocenters. The highest BCUT2D eigenvalue weighted by molar-refractivity contribution is 7.99. The zero-order valence-corrected chi connectivity index (χ0v) is 20.5. The molecule has 1 N–H and O–H groups in total. The molecule has 3 fully saturated rings. The van der Waals surface area contributed by atoms with Crippen molar-refractivity contribution in [1.29, 1.82) is 5.26 Å². The second-order valence-electron chi connectivity index (χ2n) is 9.41. The van der Waals surface area contributed by atoms with E-state index in [2.05, 4.69) is 37.9 Å². The lowest BCUT2D eigenvalue weighted by Gasteiger charge is -2.38. The van der Waals surface area contributed by atoms with Crippen molar-refractivity contribution >= 4 is 34.7 Å². The third-order valence-corrected chi connectivity index (χ3v) is 8.33. The zero-order valence-electron chi connectivity index (χ0n) is 19.6. The van der Waals surface area contributed by atoms with Gasteiger partial charge in [0.05, 0.1) is 34.6 Å². The summed E-state index contributed by atoms with van der Waals surface area (Å²) in [6.07, 6.45) is 0.888. The van der Waals surface area contributed by atoms with Gasteiger partial charge in [-0.1, -0.05) is 18.2 Å². The Kier molecular flexibility index (Phi) is 6.10. The minimum Gasteiger partial charge on any atom is -0.339 e. The number of thioether (sulfide) groups is 1. The number of piperazine rings is 1. The lowest BCUT2D eigenvalue weighted by molar-refractivity contribution is -0.131. The highest BCUT2D eigenvalue weighted by atomic mass is 32.2. The molecule has 8 nitrogen and oxygen atoms in total. The first kappa shape index (κ1) is 22.4. The van der Waals surface area contributed by atoms with E-state index in [9.17, 15) is 10.1 Å². The molecule has 1 aromatic heterocycles. The summed E-state index contributed by atoms with van der Waals surface area (Å²) < 4.78 is 2.17. The van der Waals surface area contributed by atoms with Crippen LogP contribution >= 0.6 is 11.8 Å². The van der Waals surface area contributed by atoms with Gasteiger partial charge >= 0.3 is 0 Å². The molecule has 35 heavy (non-hydrogen) atoms. The van der Waals surface area contributed by atoms with Crippen molar-refractivity contribution in [2.24, 2.45) is 0 Å². The number of hydrogen-bond acceptors (Lipinski definition) is 7. The average molecular weight is 488 g/mol. The minimum atomic E-state index is -0.0478. The molecule has 2 aromatic carbocycles. The second-order valence-corrected chi connectivity index (χ2v) is 10.5. The monoisotopic (exact) mass is 487 g/mol. The van der Waals surface area contributed by atoms with E-state index in [4.69, 9.17) is 4.98 Å². The summed E-state index contributed by atoms with van der Waals surface area (Å²) in [5, 5.41) is 12.9. The van der Waals surface area contributed by atoms with Gasteiger partial charge in [-0.3, -0.25) is 14.3 Å². The first-order chi connectivity index (χ1) is 17.2. The Balaban J connectivity index is 1.19. The number of para-hydroxylation sites is 1. The van der Waals surface area contributed by atoms with Crippen molar-refractivity contribution in [2.75, 3.05) is 55.8 Å². The summed E-state index contributed by atoms with van der Waals surface area (Å²) in [6, 6.07) is 18.5. The molecule has 1 amide bonds. The first-order valence-electron chi connectivity index (χ1n) is 12.3. The van der Waals surface area contributed by atoms with Gasteiger partial charge in [0.2, 0.25) is 11.9 Å². The van der Waals surface area contributed by atoms with Crippen LogP contribution in [0.15, 0.2) is 48.5 Å². The fraction of sp³-hybridized carbons (Fsp3) is 0.423. The van der Waals surface area contributed by atoms with Crippen molar-refractivity contribution in [2.45, 2.75) is 18.5 Å². The zero-order chi connectivity index (χ0) is 23.8. The number of nitriles is 1. The van der Waals surface area contributed by atoms with Crippen LogP contribution in [0.4, 0.5) is 5.95 Å². The number of hydrogen-bond donors (Lipinski definition) is 1. The molecule has 6 rings (SSSR count). The van der Waals surface area contributed by atoms with Gasteiger partial charge in [0, 0.05) is 56.8 Å². The van der Waals surface area contributed by atoms with Crippen molar-refractivity contribution in [1.82, 2.24) is 24.7 Å². The Morgan fingerprint density at radius 3 is 2.66 bits per heavy atom. The van der Waals surface area contributed by atoms with Gasteiger partial charge in [-0.05, 0) is 36.8 Å². The normalized spacial score (nSPS) is 23.2. The van der Waals surface area contributed by atoms with E-state index >= 15 is 0 Å². The SMILES string of the molecule is N#Cc1ccc2nc(N3CCN([C@@H]4CN[C@H](C(=O)N5CCSC5)C4)CC3)n(-c3ccccc3)c2c1. The molecule has 9 heteroatoms. The smallest absolute Gasteiger partial charge is 0.240 e. The molecular weight excluding hydrogens is 458 g/mol. The lowest BCUT2D eigenvalue weighted by Crippen LogP contribution is -2.51. The largest absolute Gasteiger partial charge is 0.339 e. The number of anilines is 1. The molecule has 4 heterocycles. The quantitative estimate of drug-likeness (QED) is 0.605. The van der Waals surface area contributed by atoms with Crippen LogP contribution in [0.2, 0.25) is 0 Å². The van der Waals surface area contributed by atoms with Crippen LogP contribution in [0.25, 0.3) is 16.7 Å². The van der Waals surface area contributed by atoms with Crippen molar-refractivity contribution in [3.8, 4) is 11.8 Å². The molecule has 180 valence electrons. The number of aromatic nitrogens is 2. The first-order valence-corrected chi connectivity index (χ1v) is 13.4. The summed E-state index contributed by atoms with van der Waals surface area (Å²) in [7, 11) is 0. The summed E-state index contributed by atoms with van der Waals surface area (Å²) in [4.78, 5) is 24.7. The van der Waals surface area contributed by atoms with E-state index in [1.165, 1.54) is 0 Å². The van der Waals surface area contributed by atoms with E-state index < -0.39 is 0 Å². The van der Waals surface area contributed by atoms with Gasteiger partial charge in [-0.2, -0.15) is 5.26 Å². The van der Waals surface area contributed by atoms with Crippen LogP contribution in [0.3, 0.4) is 0 Å². The highest BCUT2D eigenvalue weighted by Crippen LogP contribution is 2.29. The number of fused-ring (bicyclic) bond motifs is 1. The predicted octanol–water partition coefficient (Wildman–Crippen LogP) is 2.28. The maximum atomic E-state index is 12.8. The molecule has 0 spiro atoms. The third-order valence-electron chi connectivity index (χ3n) is 7.36. The number of benzene rings is 2. The van der Waals surface area contributed by atoms with E-state index in [0.717, 1.165) is 80.0 Å². The van der Waals surface area contributed by atoms with E-state index in [-0.39, 0.29) is 11.9 Å². The maximum absolute atomic E-state index is 12.8. The van der Waals surface area contributed by atoms with Gasteiger partial charge in [0.25, 0.3) is 0 Å². The lowest BCUT2D eigenvalue weighted by atomic mass is 10.1. The number of nitrogens with one attached hydrogen (secondary N) is 1. The van der Waals surface area contributed by atoms with E-state index in [1.54, 1.807) is 0 Å². The Bertz CT molecular complexity index is 1260. The summed E-state index contributed by atoms with van der Waals surface area (Å²) in [5.74, 6) is 3.07. The topological polar surface area (TPSA) is 80.4 Å². The molecule has 0 bridgehead atoms. The number of rotatable bonds is 4. The molecule has 3 saturated heterocycles. The Morgan fingerprint density at radius 2 is 1.91 bits per heavy atom. The summed E-state index contributed by atoms with van der Waals surface area (Å²) in [5.41, 5.74) is 3.53. The predicted molar refractivity (Wildman–Crippen MR) is 139 cm³/mol. The third kappa shape index (κ3) is 4.27. The summed E-state index contributed by atoms with van der Waals surface area (Å²) >= 11 is 1.84. The van der Waals surface area contributed by atoms with E-state index in [1.807, 2.05) is 53.1 Å². The molecule has 0 saturated carbocycles. The van der Waals surface area contributed by atoms with E-state index in [0.29, 0.717) is 11.6 Å². The standard InChI is InChI=1S/C26H29N7OS/c27-16-19-6-7-22-24(14-19)33(20-4-2-1-3-5-20)26(29-22)31-10-8-30(9-11-31)21-15-23(28-17-21)25(34)32-12-13-35-18-32/h1-7,14,21,23,28H,8-13,15,17-18H2/t21-,23-/m0/s1. The molecule has 3 aromatic rings. The van der Waals surface area contributed by atoms with Crippen molar-refractivity contribution in [3.63, 3.8) is 0 Å². The Labute approximate surface area is 209 Å². The van der Waals surface area contributed by atoms with Gasteiger partial charge in [0.1, 0.15) is 0 Å². The Morgan fingerprint density at radius 1 is 1.09 bits per heavy atom.